The average molecular weight is 452 g/mol. The molecule has 0 N–H and O–H groups in total. The zero-order valence-corrected chi connectivity index (χ0v) is 16.9. The molecule has 2 aromatic carbocycles. The summed E-state index contributed by atoms with van der Waals surface area (Å²) in [6.07, 6.45) is -3.92. The average Bonchev–Trinajstić information content (AvgIpc) is 3.04. The van der Waals surface area contributed by atoms with Crippen LogP contribution in [0.25, 0.3) is 0 Å². The Morgan fingerprint density at radius 1 is 0.938 bits per heavy atom. The van der Waals surface area contributed by atoms with Crippen LogP contribution in [0.4, 0.5) is 28.0 Å². The number of rotatable bonds is 3. The van der Waals surface area contributed by atoms with Crippen molar-refractivity contribution in [1.29, 1.82) is 0 Å². The van der Waals surface area contributed by atoms with E-state index in [0.717, 1.165) is 6.07 Å². The van der Waals surface area contributed by atoms with Crippen LogP contribution in [-0.4, -0.2) is 42.9 Å². The van der Waals surface area contributed by atoms with Gasteiger partial charge in [-0.1, -0.05) is 6.07 Å². The van der Waals surface area contributed by atoms with Crippen molar-refractivity contribution in [3.05, 3.63) is 54.3 Å². The molecule has 2 aliphatic rings. The molecule has 0 saturated carbocycles. The standard InChI is InChI=1S/C22H20F4N2O4/c23-15-2-1-3-18(14-15)31-20(30)27-11-8-21(9-12-27)10-13-28(19(21)29)16-4-6-17(7-5-16)32-22(24,25)26/h1-7,14H,8-13H2. The van der Waals surface area contributed by atoms with Crippen LogP contribution in [0.5, 0.6) is 11.5 Å². The molecule has 0 bridgehead atoms. The molecular formula is C22H20F4N2O4. The van der Waals surface area contributed by atoms with Crippen molar-refractivity contribution in [2.75, 3.05) is 24.5 Å². The van der Waals surface area contributed by atoms with E-state index in [1.165, 1.54) is 47.4 Å². The van der Waals surface area contributed by atoms with Gasteiger partial charge in [0.25, 0.3) is 0 Å². The van der Waals surface area contributed by atoms with Gasteiger partial charge in [-0.3, -0.25) is 4.79 Å². The molecule has 2 saturated heterocycles. The van der Waals surface area contributed by atoms with Gasteiger partial charge in [-0.05, 0) is 55.7 Å². The van der Waals surface area contributed by atoms with E-state index in [2.05, 4.69) is 4.74 Å². The highest BCUT2D eigenvalue weighted by atomic mass is 19.4. The number of likely N-dealkylation sites (tertiary alicyclic amines) is 1. The van der Waals surface area contributed by atoms with E-state index in [-0.39, 0.29) is 17.4 Å². The Balaban J connectivity index is 1.36. The number of anilines is 1. The molecule has 0 radical (unpaired) electrons. The topological polar surface area (TPSA) is 59.1 Å². The number of hydrogen-bond donors (Lipinski definition) is 0. The largest absolute Gasteiger partial charge is 0.573 e. The molecular weight excluding hydrogens is 432 g/mol. The third-order valence-electron chi connectivity index (χ3n) is 5.87. The molecule has 4 rings (SSSR count). The quantitative estimate of drug-likeness (QED) is 0.632. The fraction of sp³-hybridized carbons (Fsp3) is 0.364. The van der Waals surface area contributed by atoms with Crippen molar-refractivity contribution < 1.29 is 36.6 Å². The zero-order chi connectivity index (χ0) is 22.9. The summed E-state index contributed by atoms with van der Waals surface area (Å²) < 4.78 is 59.3. The van der Waals surface area contributed by atoms with E-state index < -0.39 is 23.7 Å². The predicted molar refractivity (Wildman–Crippen MR) is 106 cm³/mol. The van der Waals surface area contributed by atoms with Gasteiger partial charge < -0.3 is 19.3 Å². The highest BCUT2D eigenvalue weighted by Gasteiger charge is 2.49. The van der Waals surface area contributed by atoms with Gasteiger partial charge in [0.2, 0.25) is 5.91 Å². The fourth-order valence-electron chi connectivity index (χ4n) is 4.17. The van der Waals surface area contributed by atoms with Crippen molar-refractivity contribution in [2.45, 2.75) is 25.6 Å². The highest BCUT2D eigenvalue weighted by Crippen LogP contribution is 2.43. The van der Waals surface area contributed by atoms with Crippen LogP contribution in [0.1, 0.15) is 19.3 Å². The molecule has 2 aromatic rings. The Kier molecular flexibility index (Phi) is 5.70. The summed E-state index contributed by atoms with van der Waals surface area (Å²) in [6.45, 7) is 1.06. The summed E-state index contributed by atoms with van der Waals surface area (Å²) in [7, 11) is 0. The van der Waals surface area contributed by atoms with Crippen LogP contribution in [0.3, 0.4) is 0 Å². The summed E-state index contributed by atoms with van der Waals surface area (Å²) in [5.41, 5.74) is -0.133. The molecule has 2 fully saturated rings. The number of carbonyl (C=O) groups is 2. The van der Waals surface area contributed by atoms with Crippen LogP contribution < -0.4 is 14.4 Å². The number of amides is 2. The van der Waals surface area contributed by atoms with Gasteiger partial charge in [-0.15, -0.1) is 13.2 Å². The number of alkyl halides is 3. The van der Waals surface area contributed by atoms with Crippen molar-refractivity contribution in [2.24, 2.45) is 5.41 Å². The second-order valence-electron chi connectivity index (χ2n) is 7.84. The molecule has 0 aromatic heterocycles. The first kappa shape index (κ1) is 21.9. The molecule has 1 spiro atoms. The summed E-state index contributed by atoms with van der Waals surface area (Å²) >= 11 is 0. The van der Waals surface area contributed by atoms with Crippen LogP contribution in [-0.2, 0) is 4.79 Å². The van der Waals surface area contributed by atoms with Gasteiger partial charge in [-0.25, -0.2) is 9.18 Å². The minimum Gasteiger partial charge on any atom is -0.410 e. The maximum absolute atomic E-state index is 13.3. The number of benzene rings is 2. The summed E-state index contributed by atoms with van der Waals surface area (Å²) in [5.74, 6) is -0.869. The Morgan fingerprint density at radius 2 is 1.59 bits per heavy atom. The maximum Gasteiger partial charge on any atom is 0.573 e. The number of carbonyl (C=O) groups excluding carboxylic acids is 2. The van der Waals surface area contributed by atoms with Gasteiger partial charge in [0.1, 0.15) is 17.3 Å². The van der Waals surface area contributed by atoms with E-state index in [4.69, 9.17) is 4.74 Å². The van der Waals surface area contributed by atoms with Gasteiger partial charge in [-0.2, -0.15) is 0 Å². The lowest BCUT2D eigenvalue weighted by molar-refractivity contribution is -0.274. The first-order chi connectivity index (χ1) is 15.2. The molecule has 0 unspecified atom stereocenters. The second kappa shape index (κ2) is 8.33. The van der Waals surface area contributed by atoms with Crippen molar-refractivity contribution >= 4 is 17.7 Å². The Bertz CT molecular complexity index is 1000. The van der Waals surface area contributed by atoms with E-state index >= 15 is 0 Å². The van der Waals surface area contributed by atoms with Crippen molar-refractivity contribution in [3.8, 4) is 11.5 Å². The zero-order valence-electron chi connectivity index (χ0n) is 16.9. The third-order valence-corrected chi connectivity index (χ3v) is 5.87. The molecule has 32 heavy (non-hydrogen) atoms. The summed E-state index contributed by atoms with van der Waals surface area (Å²) in [5, 5.41) is 0. The van der Waals surface area contributed by atoms with Gasteiger partial charge in [0.05, 0.1) is 5.41 Å². The third kappa shape index (κ3) is 4.63. The molecule has 170 valence electrons. The van der Waals surface area contributed by atoms with E-state index in [1.54, 1.807) is 4.90 Å². The van der Waals surface area contributed by atoms with Gasteiger partial charge in [0, 0.05) is 31.4 Å². The Labute approximate surface area is 181 Å². The van der Waals surface area contributed by atoms with E-state index in [0.29, 0.717) is 44.6 Å². The number of piperidine rings is 1. The molecule has 0 aliphatic carbocycles. The molecule has 10 heteroatoms. The lowest BCUT2D eigenvalue weighted by Crippen LogP contribution is -2.47. The Morgan fingerprint density at radius 3 is 2.22 bits per heavy atom. The number of halogens is 4. The lowest BCUT2D eigenvalue weighted by Gasteiger charge is -2.37. The van der Waals surface area contributed by atoms with Crippen LogP contribution in [0, 0.1) is 11.2 Å². The lowest BCUT2D eigenvalue weighted by atomic mass is 9.77. The number of hydrogen-bond acceptors (Lipinski definition) is 4. The predicted octanol–water partition coefficient (Wildman–Crippen LogP) is 4.74. The first-order valence-corrected chi connectivity index (χ1v) is 10.1. The molecule has 2 aliphatic heterocycles. The van der Waals surface area contributed by atoms with E-state index in [9.17, 15) is 27.2 Å². The minimum atomic E-state index is -4.78. The normalized spacial score (nSPS) is 18.2. The summed E-state index contributed by atoms with van der Waals surface area (Å²) in [4.78, 5) is 28.5. The molecule has 0 atom stereocenters. The second-order valence-corrected chi connectivity index (χ2v) is 7.84. The van der Waals surface area contributed by atoms with Gasteiger partial charge in [0.15, 0.2) is 0 Å². The maximum atomic E-state index is 13.3. The van der Waals surface area contributed by atoms with Crippen LogP contribution in [0.2, 0.25) is 0 Å². The van der Waals surface area contributed by atoms with Crippen molar-refractivity contribution in [1.82, 2.24) is 4.90 Å². The monoisotopic (exact) mass is 452 g/mol. The summed E-state index contributed by atoms with van der Waals surface area (Å²) in [6, 6.07) is 10.5. The molecule has 2 heterocycles. The fourth-order valence-corrected chi connectivity index (χ4v) is 4.17. The van der Waals surface area contributed by atoms with Crippen LogP contribution in [0.15, 0.2) is 48.5 Å². The number of ether oxygens (including phenoxy) is 2. The molecule has 6 nitrogen and oxygen atoms in total. The van der Waals surface area contributed by atoms with E-state index in [1.807, 2.05) is 0 Å². The van der Waals surface area contributed by atoms with Crippen molar-refractivity contribution in [3.63, 3.8) is 0 Å². The first-order valence-electron chi connectivity index (χ1n) is 10.1. The molecule has 2 amide bonds. The minimum absolute atomic E-state index is 0.108. The van der Waals surface area contributed by atoms with Crippen LogP contribution >= 0.6 is 0 Å². The number of nitrogens with zero attached hydrogens (tertiary/aromatic N) is 2. The Hall–Kier alpha value is -3.30. The van der Waals surface area contributed by atoms with Gasteiger partial charge >= 0.3 is 12.5 Å². The SMILES string of the molecule is O=C(Oc1cccc(F)c1)N1CCC2(CC1)CCN(c1ccc(OC(F)(F)F)cc1)C2=O. The highest BCUT2D eigenvalue weighted by molar-refractivity contribution is 6.00. The smallest absolute Gasteiger partial charge is 0.410 e.